The topological polar surface area (TPSA) is 70.2 Å². The molecule has 0 aliphatic rings. The van der Waals surface area contributed by atoms with Gasteiger partial charge in [-0.25, -0.2) is 9.78 Å². The molecule has 0 spiro atoms. The maximum absolute atomic E-state index is 11.9. The van der Waals surface area contributed by atoms with Crippen LogP contribution in [0.5, 0.6) is 0 Å². The molecule has 0 radical (unpaired) electrons. The molecule has 0 unspecified atom stereocenters. The predicted octanol–water partition coefficient (Wildman–Crippen LogP) is 2.43. The third kappa shape index (κ3) is 4.17. The molecular weight excluding hydrogens is 266 g/mol. The van der Waals surface area contributed by atoms with Gasteiger partial charge in [0, 0.05) is 20.3 Å². The summed E-state index contributed by atoms with van der Waals surface area (Å²) in [6, 6.07) is 8.78. The molecule has 0 aliphatic carbocycles. The molecule has 0 saturated carbocycles. The number of anilines is 2. The quantitative estimate of drug-likeness (QED) is 0.905. The van der Waals surface area contributed by atoms with Crippen LogP contribution < -0.4 is 15.5 Å². The highest BCUT2D eigenvalue weighted by Gasteiger charge is 2.10. The first-order valence-electron chi connectivity index (χ1n) is 6.68. The number of carbonyl (C=O) groups excluding carboxylic acids is 1. The van der Waals surface area contributed by atoms with Gasteiger partial charge in [-0.2, -0.15) is 0 Å². The Hall–Kier alpha value is -2.63. The largest absolute Gasteiger partial charge is 0.376 e. The molecule has 2 heterocycles. The highest BCUT2D eigenvalue weighted by Crippen LogP contribution is 2.12. The number of hydrogen-bond acceptors (Lipinski definition) is 4. The fourth-order valence-corrected chi connectivity index (χ4v) is 1.78. The molecule has 2 rings (SSSR count). The average Bonchev–Trinajstić information content (AvgIpc) is 2.48. The molecule has 110 valence electrons. The lowest BCUT2D eigenvalue weighted by atomic mass is 10.2. The molecule has 2 aromatic rings. The van der Waals surface area contributed by atoms with E-state index in [1.165, 1.54) is 0 Å². The van der Waals surface area contributed by atoms with Gasteiger partial charge in [-0.1, -0.05) is 6.07 Å². The summed E-state index contributed by atoms with van der Waals surface area (Å²) in [6.45, 7) is 1.88. The van der Waals surface area contributed by atoms with Gasteiger partial charge in [-0.3, -0.25) is 10.3 Å². The summed E-state index contributed by atoms with van der Waals surface area (Å²) in [7, 11) is 3.87. The molecule has 0 aliphatic heterocycles. The standard InChI is InChI=1S/C15H19N5O/c1-11(13-6-4-5-9-16-13)18-15(21)19-14-8-7-12(10-17-14)20(2)3/h4-11H,1-3H3,(H2,17,18,19,21)/t11-/m0/s1. The first-order chi connectivity index (χ1) is 10.1. The minimum atomic E-state index is -0.307. The number of nitrogens with one attached hydrogen (secondary N) is 2. The van der Waals surface area contributed by atoms with Crippen LogP contribution in [0.2, 0.25) is 0 Å². The Bertz CT molecular complexity index is 583. The second-order valence-corrected chi connectivity index (χ2v) is 4.87. The second kappa shape index (κ2) is 6.69. The Balaban J connectivity index is 1.92. The third-order valence-electron chi connectivity index (χ3n) is 2.98. The number of carbonyl (C=O) groups is 1. The van der Waals surface area contributed by atoms with Crippen LogP contribution in [0.4, 0.5) is 16.3 Å². The van der Waals surface area contributed by atoms with Gasteiger partial charge in [0.2, 0.25) is 0 Å². The zero-order valence-corrected chi connectivity index (χ0v) is 12.4. The minimum Gasteiger partial charge on any atom is -0.376 e. The summed E-state index contributed by atoms with van der Waals surface area (Å²) in [4.78, 5) is 22.3. The van der Waals surface area contributed by atoms with E-state index < -0.39 is 0 Å². The van der Waals surface area contributed by atoms with Gasteiger partial charge in [-0.15, -0.1) is 0 Å². The number of rotatable bonds is 4. The van der Waals surface area contributed by atoms with E-state index in [4.69, 9.17) is 0 Å². The van der Waals surface area contributed by atoms with Crippen LogP contribution in [0.3, 0.4) is 0 Å². The zero-order valence-electron chi connectivity index (χ0n) is 12.4. The van der Waals surface area contributed by atoms with E-state index in [0.29, 0.717) is 5.82 Å². The summed E-state index contributed by atoms with van der Waals surface area (Å²) in [5.74, 6) is 0.506. The van der Waals surface area contributed by atoms with E-state index in [2.05, 4.69) is 20.6 Å². The molecule has 2 aromatic heterocycles. The van der Waals surface area contributed by atoms with Gasteiger partial charge in [0.15, 0.2) is 0 Å². The first kappa shape index (κ1) is 14.8. The second-order valence-electron chi connectivity index (χ2n) is 4.87. The molecule has 0 fully saturated rings. The van der Waals surface area contributed by atoms with E-state index in [9.17, 15) is 4.79 Å². The number of aromatic nitrogens is 2. The van der Waals surface area contributed by atoms with Crippen LogP contribution in [0.1, 0.15) is 18.7 Å². The minimum absolute atomic E-state index is 0.174. The van der Waals surface area contributed by atoms with Gasteiger partial charge < -0.3 is 10.2 Å². The highest BCUT2D eigenvalue weighted by molar-refractivity contribution is 5.88. The lowest BCUT2D eigenvalue weighted by Gasteiger charge is -2.15. The molecule has 6 heteroatoms. The summed E-state index contributed by atoms with van der Waals surface area (Å²) < 4.78 is 0. The summed E-state index contributed by atoms with van der Waals surface area (Å²) >= 11 is 0. The van der Waals surface area contributed by atoms with Crippen LogP contribution in [0, 0.1) is 0 Å². The Kier molecular flexibility index (Phi) is 4.71. The van der Waals surface area contributed by atoms with Crippen molar-refractivity contribution in [2.75, 3.05) is 24.3 Å². The summed E-state index contributed by atoms with van der Waals surface area (Å²) in [5.41, 5.74) is 1.78. The number of pyridine rings is 2. The Morgan fingerprint density at radius 1 is 1.19 bits per heavy atom. The molecule has 0 bridgehead atoms. The van der Waals surface area contributed by atoms with E-state index in [0.717, 1.165) is 11.4 Å². The van der Waals surface area contributed by atoms with Crippen LogP contribution in [-0.2, 0) is 0 Å². The highest BCUT2D eigenvalue weighted by atomic mass is 16.2. The van der Waals surface area contributed by atoms with Crippen LogP contribution in [-0.4, -0.2) is 30.1 Å². The summed E-state index contributed by atoms with van der Waals surface area (Å²) in [6.07, 6.45) is 3.41. The molecule has 0 aromatic carbocycles. The van der Waals surface area contributed by atoms with Crippen molar-refractivity contribution >= 4 is 17.5 Å². The average molecular weight is 285 g/mol. The first-order valence-corrected chi connectivity index (χ1v) is 6.68. The van der Waals surface area contributed by atoms with Crippen molar-refractivity contribution in [3.05, 3.63) is 48.4 Å². The Morgan fingerprint density at radius 3 is 2.57 bits per heavy atom. The van der Waals surface area contributed by atoms with Crippen molar-refractivity contribution in [2.45, 2.75) is 13.0 Å². The van der Waals surface area contributed by atoms with Gasteiger partial charge in [0.05, 0.1) is 23.6 Å². The van der Waals surface area contributed by atoms with Gasteiger partial charge in [0.25, 0.3) is 0 Å². The third-order valence-corrected chi connectivity index (χ3v) is 2.98. The van der Waals surface area contributed by atoms with Crippen LogP contribution in [0.25, 0.3) is 0 Å². The van der Waals surface area contributed by atoms with Crippen LogP contribution >= 0.6 is 0 Å². The van der Waals surface area contributed by atoms with Gasteiger partial charge >= 0.3 is 6.03 Å². The Labute approximate surface area is 124 Å². The number of nitrogens with zero attached hydrogens (tertiary/aromatic N) is 3. The van der Waals surface area contributed by atoms with Crippen molar-refractivity contribution in [3.8, 4) is 0 Å². The van der Waals surface area contributed by atoms with E-state index >= 15 is 0 Å². The van der Waals surface area contributed by atoms with Gasteiger partial charge in [0.1, 0.15) is 5.82 Å². The van der Waals surface area contributed by atoms with Crippen molar-refractivity contribution in [1.82, 2.24) is 15.3 Å². The molecule has 6 nitrogen and oxygen atoms in total. The molecule has 0 saturated heterocycles. The van der Waals surface area contributed by atoms with Crippen molar-refractivity contribution in [1.29, 1.82) is 0 Å². The smallest absolute Gasteiger partial charge is 0.320 e. The molecular formula is C15H19N5O. The zero-order chi connectivity index (χ0) is 15.2. The van der Waals surface area contributed by atoms with Crippen molar-refractivity contribution in [3.63, 3.8) is 0 Å². The molecule has 21 heavy (non-hydrogen) atoms. The van der Waals surface area contributed by atoms with Crippen LogP contribution in [0.15, 0.2) is 42.7 Å². The molecule has 2 N–H and O–H groups in total. The van der Waals surface area contributed by atoms with Crippen molar-refractivity contribution < 1.29 is 4.79 Å². The maximum atomic E-state index is 11.9. The summed E-state index contributed by atoms with van der Waals surface area (Å²) in [5, 5.41) is 5.52. The number of urea groups is 1. The number of hydrogen-bond donors (Lipinski definition) is 2. The Morgan fingerprint density at radius 2 is 2.00 bits per heavy atom. The molecule has 1 atom stereocenters. The number of amides is 2. The van der Waals surface area contributed by atoms with E-state index in [1.807, 2.05) is 50.2 Å². The lowest BCUT2D eigenvalue weighted by Crippen LogP contribution is -2.31. The van der Waals surface area contributed by atoms with Gasteiger partial charge in [-0.05, 0) is 31.2 Å². The lowest BCUT2D eigenvalue weighted by molar-refractivity contribution is 0.249. The fourth-order valence-electron chi connectivity index (χ4n) is 1.78. The monoisotopic (exact) mass is 285 g/mol. The fraction of sp³-hybridized carbons (Fsp3) is 0.267. The maximum Gasteiger partial charge on any atom is 0.320 e. The molecule has 2 amide bonds. The van der Waals surface area contributed by atoms with Crippen molar-refractivity contribution in [2.24, 2.45) is 0 Å². The SMILES string of the molecule is C[C@H](NC(=O)Nc1ccc(N(C)C)cn1)c1ccccn1. The van der Waals surface area contributed by atoms with E-state index in [-0.39, 0.29) is 12.1 Å². The normalized spacial score (nSPS) is 11.6. The van der Waals surface area contributed by atoms with E-state index in [1.54, 1.807) is 18.5 Å². The predicted molar refractivity (Wildman–Crippen MR) is 83.4 cm³/mol.